The van der Waals surface area contributed by atoms with Crippen molar-refractivity contribution in [2.75, 3.05) is 7.11 Å². The number of carbonyl (C=O) groups is 1. The van der Waals surface area contributed by atoms with Gasteiger partial charge in [0, 0.05) is 24.6 Å². The lowest BCUT2D eigenvalue weighted by molar-refractivity contribution is -0.384. The van der Waals surface area contributed by atoms with E-state index in [1.54, 1.807) is 6.33 Å². The standard InChI is InChI=1S/C17H20N4O6S/c1-11(2)19-10-18-14-8-15(17(22)27-3)20(9-16(14)19)28(25,26)13-6-4-12(5-7-13)21(23)24/h4-7,10-11,15H,8-9H2,1-3H3/t15-/m0/s1. The molecule has 0 radical (unpaired) electrons. The van der Waals surface area contributed by atoms with E-state index < -0.39 is 27.0 Å². The minimum atomic E-state index is -4.10. The lowest BCUT2D eigenvalue weighted by Gasteiger charge is -2.33. The van der Waals surface area contributed by atoms with Crippen LogP contribution in [0.4, 0.5) is 5.69 Å². The topological polar surface area (TPSA) is 125 Å². The number of nitro benzene ring substituents is 1. The van der Waals surface area contributed by atoms with Crippen molar-refractivity contribution in [2.45, 2.75) is 43.8 Å². The molecule has 11 heteroatoms. The highest BCUT2D eigenvalue weighted by molar-refractivity contribution is 7.89. The fourth-order valence-electron chi connectivity index (χ4n) is 3.22. The number of benzene rings is 1. The number of ether oxygens (including phenoxy) is 1. The number of non-ortho nitro benzene ring substituents is 1. The van der Waals surface area contributed by atoms with E-state index in [9.17, 15) is 23.3 Å². The summed E-state index contributed by atoms with van der Waals surface area (Å²) >= 11 is 0. The minimum absolute atomic E-state index is 0.0490. The summed E-state index contributed by atoms with van der Waals surface area (Å²) in [6.07, 6.45) is 1.72. The average Bonchev–Trinajstić information content (AvgIpc) is 3.09. The Hall–Kier alpha value is -2.79. The zero-order valence-electron chi connectivity index (χ0n) is 15.6. The summed E-state index contributed by atoms with van der Waals surface area (Å²) in [7, 11) is -2.91. The van der Waals surface area contributed by atoms with Crippen molar-refractivity contribution in [3.05, 3.63) is 52.1 Å². The van der Waals surface area contributed by atoms with Crippen molar-refractivity contribution in [1.82, 2.24) is 13.9 Å². The molecule has 0 saturated carbocycles. The van der Waals surface area contributed by atoms with E-state index in [1.165, 1.54) is 7.11 Å². The maximum Gasteiger partial charge on any atom is 0.324 e. The highest BCUT2D eigenvalue weighted by Crippen LogP contribution is 2.31. The van der Waals surface area contributed by atoms with Crippen LogP contribution in [0.3, 0.4) is 0 Å². The Labute approximate surface area is 161 Å². The summed E-state index contributed by atoms with van der Waals surface area (Å²) in [5.41, 5.74) is 1.14. The molecule has 1 aromatic carbocycles. The SMILES string of the molecule is COC(=O)[C@@H]1Cc2ncn(C(C)C)c2CN1S(=O)(=O)c1ccc([N+](=O)[O-])cc1. The van der Waals surface area contributed by atoms with E-state index in [0.717, 1.165) is 28.6 Å². The molecule has 1 aliphatic rings. The van der Waals surface area contributed by atoms with Crippen LogP contribution in [-0.4, -0.2) is 46.3 Å². The quantitative estimate of drug-likeness (QED) is 0.418. The Morgan fingerprint density at radius 3 is 2.50 bits per heavy atom. The van der Waals surface area contributed by atoms with E-state index in [0.29, 0.717) is 11.4 Å². The number of carbonyl (C=O) groups excluding carboxylic acids is 1. The summed E-state index contributed by atoms with van der Waals surface area (Å²) in [5.74, 6) is -0.685. The number of imidazole rings is 1. The van der Waals surface area contributed by atoms with Crippen LogP contribution >= 0.6 is 0 Å². The number of sulfonamides is 1. The third-order valence-electron chi connectivity index (χ3n) is 4.71. The van der Waals surface area contributed by atoms with E-state index in [-0.39, 0.29) is 29.6 Å². The molecule has 1 atom stereocenters. The molecule has 0 N–H and O–H groups in total. The van der Waals surface area contributed by atoms with Crippen LogP contribution < -0.4 is 0 Å². The van der Waals surface area contributed by atoms with Crippen molar-refractivity contribution >= 4 is 21.7 Å². The first kappa shape index (κ1) is 20.0. The summed E-state index contributed by atoms with van der Waals surface area (Å²) < 4.78 is 34.2. The number of fused-ring (bicyclic) bond motifs is 1. The predicted molar refractivity (Wildman–Crippen MR) is 97.9 cm³/mol. The van der Waals surface area contributed by atoms with Crippen LogP contribution in [0, 0.1) is 10.1 Å². The average molecular weight is 408 g/mol. The molecular weight excluding hydrogens is 388 g/mol. The largest absolute Gasteiger partial charge is 0.468 e. The van der Waals surface area contributed by atoms with Gasteiger partial charge in [0.25, 0.3) is 5.69 Å². The van der Waals surface area contributed by atoms with Crippen molar-refractivity contribution < 1.29 is 22.9 Å². The van der Waals surface area contributed by atoms with Gasteiger partial charge in [0.15, 0.2) is 0 Å². The third kappa shape index (κ3) is 3.38. The number of hydrogen-bond acceptors (Lipinski definition) is 7. The van der Waals surface area contributed by atoms with Gasteiger partial charge in [0.2, 0.25) is 10.0 Å². The van der Waals surface area contributed by atoms with Gasteiger partial charge in [-0.1, -0.05) is 0 Å². The number of hydrogen-bond donors (Lipinski definition) is 0. The normalized spacial score (nSPS) is 17.4. The molecule has 1 aliphatic heterocycles. The Kier molecular flexibility index (Phi) is 5.22. The van der Waals surface area contributed by atoms with Gasteiger partial charge in [-0.3, -0.25) is 14.9 Å². The van der Waals surface area contributed by atoms with Crippen molar-refractivity contribution in [1.29, 1.82) is 0 Å². The van der Waals surface area contributed by atoms with Crippen LogP contribution in [0.5, 0.6) is 0 Å². The molecule has 0 bridgehead atoms. The number of aromatic nitrogens is 2. The summed E-state index contributed by atoms with van der Waals surface area (Å²) in [6.45, 7) is 3.85. The van der Waals surface area contributed by atoms with Crippen molar-refractivity contribution in [3.8, 4) is 0 Å². The zero-order chi connectivity index (χ0) is 20.6. The highest BCUT2D eigenvalue weighted by atomic mass is 32.2. The van der Waals surface area contributed by atoms with Crippen LogP contribution in [0.1, 0.15) is 31.3 Å². The third-order valence-corrected chi connectivity index (χ3v) is 6.58. The van der Waals surface area contributed by atoms with Crippen molar-refractivity contribution in [3.63, 3.8) is 0 Å². The van der Waals surface area contributed by atoms with Gasteiger partial charge in [0.05, 0.1) is 41.2 Å². The molecule has 1 aromatic heterocycles. The molecular formula is C17H20N4O6S. The summed E-state index contributed by atoms with van der Waals surface area (Å²) in [6, 6.07) is 3.57. The van der Waals surface area contributed by atoms with Crippen molar-refractivity contribution in [2.24, 2.45) is 0 Å². The molecule has 3 rings (SSSR count). The predicted octanol–water partition coefficient (Wildman–Crippen LogP) is 1.66. The van der Waals surface area contributed by atoms with Crippen LogP contribution in [-0.2, 0) is 32.5 Å². The number of methoxy groups -OCH3 is 1. The number of nitro groups is 1. The Bertz CT molecular complexity index is 1010. The minimum Gasteiger partial charge on any atom is -0.468 e. The molecule has 2 heterocycles. The molecule has 0 fully saturated rings. The van der Waals surface area contributed by atoms with Gasteiger partial charge < -0.3 is 9.30 Å². The zero-order valence-corrected chi connectivity index (χ0v) is 16.4. The maximum atomic E-state index is 13.2. The number of rotatable bonds is 5. The summed E-state index contributed by atoms with van der Waals surface area (Å²) in [4.78, 5) is 26.7. The first-order chi connectivity index (χ1) is 13.2. The number of esters is 1. The lowest BCUT2D eigenvalue weighted by atomic mass is 10.1. The number of nitrogens with zero attached hydrogens (tertiary/aromatic N) is 4. The monoisotopic (exact) mass is 408 g/mol. The van der Waals surface area contributed by atoms with Gasteiger partial charge in [-0.25, -0.2) is 13.4 Å². The van der Waals surface area contributed by atoms with Crippen LogP contribution in [0.25, 0.3) is 0 Å². The molecule has 0 amide bonds. The molecule has 2 aromatic rings. The molecule has 150 valence electrons. The second-order valence-corrected chi connectivity index (χ2v) is 8.57. The molecule has 10 nitrogen and oxygen atoms in total. The second-order valence-electron chi connectivity index (χ2n) is 6.68. The second kappa shape index (κ2) is 7.32. The van der Waals surface area contributed by atoms with E-state index >= 15 is 0 Å². The van der Waals surface area contributed by atoms with Crippen LogP contribution in [0.15, 0.2) is 35.5 Å². The van der Waals surface area contributed by atoms with E-state index in [1.807, 2.05) is 18.4 Å². The van der Waals surface area contributed by atoms with Gasteiger partial charge in [-0.05, 0) is 26.0 Å². The van der Waals surface area contributed by atoms with Gasteiger partial charge in [-0.2, -0.15) is 4.31 Å². The van der Waals surface area contributed by atoms with Gasteiger partial charge in [0.1, 0.15) is 6.04 Å². The van der Waals surface area contributed by atoms with Gasteiger partial charge in [-0.15, -0.1) is 0 Å². The van der Waals surface area contributed by atoms with E-state index in [4.69, 9.17) is 4.74 Å². The Balaban J connectivity index is 2.06. The Morgan fingerprint density at radius 1 is 1.32 bits per heavy atom. The Morgan fingerprint density at radius 2 is 1.96 bits per heavy atom. The molecule has 28 heavy (non-hydrogen) atoms. The van der Waals surface area contributed by atoms with Gasteiger partial charge >= 0.3 is 5.97 Å². The fourth-order valence-corrected chi connectivity index (χ4v) is 4.76. The smallest absolute Gasteiger partial charge is 0.324 e. The lowest BCUT2D eigenvalue weighted by Crippen LogP contribution is -2.49. The van der Waals surface area contributed by atoms with E-state index in [2.05, 4.69) is 4.98 Å². The highest BCUT2D eigenvalue weighted by Gasteiger charge is 2.42. The maximum absolute atomic E-state index is 13.2. The molecule has 0 saturated heterocycles. The first-order valence-corrected chi connectivity index (χ1v) is 9.99. The molecule has 0 aliphatic carbocycles. The first-order valence-electron chi connectivity index (χ1n) is 8.55. The molecule has 0 unspecified atom stereocenters. The fraction of sp³-hybridized carbons (Fsp3) is 0.412. The van der Waals surface area contributed by atoms with Crippen LogP contribution in [0.2, 0.25) is 0 Å². The molecule has 0 spiro atoms. The summed E-state index contributed by atoms with van der Waals surface area (Å²) in [5, 5.41) is 10.8.